The second kappa shape index (κ2) is 9.99. The van der Waals surface area contributed by atoms with Gasteiger partial charge in [0.15, 0.2) is 11.6 Å². The normalized spacial score (nSPS) is 13.4. The molecular formula is C26H24N6O2. The molecule has 8 heteroatoms. The number of ether oxygens (including phenoxy) is 1. The number of para-hydroxylation sites is 1. The Kier molecular flexibility index (Phi) is 6.29. The molecule has 0 bridgehead atoms. The van der Waals surface area contributed by atoms with Crippen LogP contribution in [0.1, 0.15) is 10.4 Å². The lowest BCUT2D eigenvalue weighted by Gasteiger charge is -2.35. The van der Waals surface area contributed by atoms with Crippen LogP contribution in [0.4, 0.5) is 17.3 Å². The smallest absolute Gasteiger partial charge is 0.253 e. The van der Waals surface area contributed by atoms with Crippen LogP contribution in [0, 0.1) is 0 Å². The van der Waals surface area contributed by atoms with Crippen LogP contribution in [0.15, 0.2) is 91.3 Å². The molecule has 34 heavy (non-hydrogen) atoms. The molecule has 0 unspecified atom stereocenters. The standard InChI is InChI=1S/C26H24N6O2/c33-26(20-6-8-23(9-7-20)34-22-4-2-1-3-5-22)32-18-16-31(17-19-32)25-11-10-24(29-30-25)28-21-12-14-27-15-13-21/h1-15H,16-19H2,(H,27,28,29). The zero-order valence-electron chi connectivity index (χ0n) is 18.5. The zero-order chi connectivity index (χ0) is 23.2. The number of hydrogen-bond acceptors (Lipinski definition) is 7. The van der Waals surface area contributed by atoms with Gasteiger partial charge in [0.05, 0.1) is 0 Å². The van der Waals surface area contributed by atoms with E-state index in [9.17, 15) is 4.79 Å². The lowest BCUT2D eigenvalue weighted by Crippen LogP contribution is -2.49. The minimum atomic E-state index is 0.0221. The molecule has 1 aliphatic heterocycles. The summed E-state index contributed by atoms with van der Waals surface area (Å²) < 4.78 is 5.81. The van der Waals surface area contributed by atoms with Gasteiger partial charge < -0.3 is 19.9 Å². The van der Waals surface area contributed by atoms with Gasteiger partial charge in [-0.15, -0.1) is 10.2 Å². The summed E-state index contributed by atoms with van der Waals surface area (Å²) in [4.78, 5) is 21.0. The van der Waals surface area contributed by atoms with Crippen LogP contribution >= 0.6 is 0 Å². The second-order valence-corrected chi connectivity index (χ2v) is 7.86. The van der Waals surface area contributed by atoms with Crippen LogP contribution in [0.3, 0.4) is 0 Å². The Hall–Kier alpha value is -4.46. The van der Waals surface area contributed by atoms with Crippen molar-refractivity contribution in [2.24, 2.45) is 0 Å². The van der Waals surface area contributed by atoms with Crippen molar-refractivity contribution in [3.63, 3.8) is 0 Å². The van der Waals surface area contributed by atoms with Gasteiger partial charge in [0.2, 0.25) is 0 Å². The Morgan fingerprint density at radius 2 is 1.47 bits per heavy atom. The van der Waals surface area contributed by atoms with Gasteiger partial charge in [-0.25, -0.2) is 0 Å². The summed E-state index contributed by atoms with van der Waals surface area (Å²) in [5.41, 5.74) is 1.56. The van der Waals surface area contributed by atoms with E-state index in [0.29, 0.717) is 43.3 Å². The Bertz CT molecular complexity index is 1210. The van der Waals surface area contributed by atoms with Crippen LogP contribution in [0.5, 0.6) is 11.5 Å². The molecule has 0 atom stereocenters. The first kappa shape index (κ1) is 21.4. The summed E-state index contributed by atoms with van der Waals surface area (Å²) in [5, 5.41) is 11.8. The van der Waals surface area contributed by atoms with Gasteiger partial charge in [0.1, 0.15) is 11.5 Å². The van der Waals surface area contributed by atoms with Gasteiger partial charge in [0.25, 0.3) is 5.91 Å². The molecule has 0 radical (unpaired) electrons. The number of nitrogens with zero attached hydrogens (tertiary/aromatic N) is 5. The maximum absolute atomic E-state index is 13.0. The van der Waals surface area contributed by atoms with E-state index in [4.69, 9.17) is 4.74 Å². The summed E-state index contributed by atoms with van der Waals surface area (Å²) in [5.74, 6) is 2.96. The van der Waals surface area contributed by atoms with E-state index in [0.717, 1.165) is 17.3 Å². The van der Waals surface area contributed by atoms with Crippen molar-refractivity contribution in [3.05, 3.63) is 96.8 Å². The van der Waals surface area contributed by atoms with Gasteiger partial charge in [-0.05, 0) is 60.7 Å². The summed E-state index contributed by atoms with van der Waals surface area (Å²) in [6.45, 7) is 2.65. The first-order valence-electron chi connectivity index (χ1n) is 11.1. The molecule has 0 saturated carbocycles. The highest BCUT2D eigenvalue weighted by Crippen LogP contribution is 2.22. The quantitative estimate of drug-likeness (QED) is 0.465. The van der Waals surface area contributed by atoms with E-state index in [-0.39, 0.29) is 5.91 Å². The minimum Gasteiger partial charge on any atom is -0.457 e. The molecule has 170 valence electrons. The van der Waals surface area contributed by atoms with Crippen LogP contribution in [0.2, 0.25) is 0 Å². The van der Waals surface area contributed by atoms with Gasteiger partial charge in [-0.3, -0.25) is 9.78 Å². The van der Waals surface area contributed by atoms with E-state index in [1.54, 1.807) is 12.4 Å². The van der Waals surface area contributed by atoms with Crippen LogP contribution in [0.25, 0.3) is 0 Å². The molecule has 1 saturated heterocycles. The van der Waals surface area contributed by atoms with Crippen molar-refractivity contribution < 1.29 is 9.53 Å². The summed E-state index contributed by atoms with van der Waals surface area (Å²) in [6.07, 6.45) is 3.44. The van der Waals surface area contributed by atoms with Crippen molar-refractivity contribution in [1.82, 2.24) is 20.1 Å². The first-order chi connectivity index (χ1) is 16.7. The number of carbonyl (C=O) groups is 1. The molecule has 1 fully saturated rings. The molecule has 3 heterocycles. The number of anilines is 3. The van der Waals surface area contributed by atoms with E-state index < -0.39 is 0 Å². The fraction of sp³-hybridized carbons (Fsp3) is 0.154. The lowest BCUT2D eigenvalue weighted by atomic mass is 10.1. The summed E-state index contributed by atoms with van der Waals surface area (Å²) in [7, 11) is 0. The number of pyridine rings is 1. The molecule has 0 aliphatic carbocycles. The highest BCUT2D eigenvalue weighted by molar-refractivity contribution is 5.94. The number of nitrogens with one attached hydrogen (secondary N) is 1. The molecule has 2 aromatic heterocycles. The molecule has 2 aromatic carbocycles. The van der Waals surface area contributed by atoms with Crippen molar-refractivity contribution in [2.75, 3.05) is 36.4 Å². The van der Waals surface area contributed by atoms with Crippen LogP contribution < -0.4 is 15.0 Å². The van der Waals surface area contributed by atoms with E-state index in [1.807, 2.05) is 83.8 Å². The number of piperazine rings is 1. The molecule has 0 spiro atoms. The topological polar surface area (TPSA) is 83.5 Å². The molecule has 4 aromatic rings. The van der Waals surface area contributed by atoms with Gasteiger partial charge in [0, 0.05) is 49.8 Å². The number of aromatic nitrogens is 3. The van der Waals surface area contributed by atoms with Crippen molar-refractivity contribution in [3.8, 4) is 11.5 Å². The van der Waals surface area contributed by atoms with Gasteiger partial charge >= 0.3 is 0 Å². The van der Waals surface area contributed by atoms with Gasteiger partial charge in [-0.2, -0.15) is 0 Å². The third-order valence-corrected chi connectivity index (χ3v) is 5.57. The first-order valence-corrected chi connectivity index (χ1v) is 11.1. The predicted molar refractivity (Wildman–Crippen MR) is 131 cm³/mol. The van der Waals surface area contributed by atoms with E-state index in [1.165, 1.54) is 0 Å². The predicted octanol–water partition coefficient (Wildman–Crippen LogP) is 4.37. The Labute approximate surface area is 197 Å². The summed E-state index contributed by atoms with van der Waals surface area (Å²) in [6, 6.07) is 24.4. The molecule has 8 nitrogen and oxygen atoms in total. The SMILES string of the molecule is O=C(c1ccc(Oc2ccccc2)cc1)N1CCN(c2ccc(Nc3ccncc3)nn2)CC1. The number of rotatable bonds is 6. The monoisotopic (exact) mass is 452 g/mol. The maximum Gasteiger partial charge on any atom is 0.253 e. The third-order valence-electron chi connectivity index (χ3n) is 5.57. The van der Waals surface area contributed by atoms with Crippen LogP contribution in [-0.2, 0) is 0 Å². The molecule has 1 amide bonds. The Morgan fingerprint density at radius 3 is 2.15 bits per heavy atom. The number of benzene rings is 2. The maximum atomic E-state index is 13.0. The highest BCUT2D eigenvalue weighted by atomic mass is 16.5. The number of carbonyl (C=O) groups excluding carboxylic acids is 1. The lowest BCUT2D eigenvalue weighted by molar-refractivity contribution is 0.0746. The molecular weight excluding hydrogens is 428 g/mol. The fourth-order valence-electron chi connectivity index (χ4n) is 3.76. The number of amides is 1. The average Bonchev–Trinajstić information content (AvgIpc) is 2.91. The van der Waals surface area contributed by atoms with E-state index in [2.05, 4.69) is 25.4 Å². The Morgan fingerprint density at radius 1 is 0.765 bits per heavy atom. The molecule has 1 N–H and O–H groups in total. The van der Waals surface area contributed by atoms with Crippen LogP contribution in [-0.4, -0.2) is 52.2 Å². The number of hydrogen-bond donors (Lipinski definition) is 1. The van der Waals surface area contributed by atoms with E-state index >= 15 is 0 Å². The molecule has 5 rings (SSSR count). The van der Waals surface area contributed by atoms with Crippen molar-refractivity contribution >= 4 is 23.2 Å². The summed E-state index contributed by atoms with van der Waals surface area (Å²) >= 11 is 0. The fourth-order valence-corrected chi connectivity index (χ4v) is 3.76. The second-order valence-electron chi connectivity index (χ2n) is 7.86. The Balaban J connectivity index is 1.14. The average molecular weight is 453 g/mol. The molecule has 1 aliphatic rings. The highest BCUT2D eigenvalue weighted by Gasteiger charge is 2.23. The van der Waals surface area contributed by atoms with Gasteiger partial charge in [-0.1, -0.05) is 18.2 Å². The minimum absolute atomic E-state index is 0.0221. The van der Waals surface area contributed by atoms with Crippen molar-refractivity contribution in [1.29, 1.82) is 0 Å². The van der Waals surface area contributed by atoms with Crippen molar-refractivity contribution in [2.45, 2.75) is 0 Å². The third kappa shape index (κ3) is 5.12. The largest absolute Gasteiger partial charge is 0.457 e. The zero-order valence-corrected chi connectivity index (χ0v) is 18.5.